The fourth-order valence-corrected chi connectivity index (χ4v) is 2.31. The van der Waals surface area contributed by atoms with Crippen molar-refractivity contribution < 1.29 is 4.52 Å². The molecule has 2 aromatic heterocycles. The number of hydrogen-bond acceptors (Lipinski definition) is 6. The second kappa shape index (κ2) is 5.29. The van der Waals surface area contributed by atoms with Crippen LogP contribution in [0, 0.1) is 0 Å². The van der Waals surface area contributed by atoms with Gasteiger partial charge >= 0.3 is 0 Å². The lowest BCUT2D eigenvalue weighted by Gasteiger charge is -2.05. The number of rotatable bonds is 4. The van der Waals surface area contributed by atoms with E-state index in [-0.39, 0.29) is 6.04 Å². The zero-order valence-electron chi connectivity index (χ0n) is 10.1. The second-order valence-corrected chi connectivity index (χ2v) is 5.00. The Morgan fingerprint density at radius 1 is 1.26 bits per heavy atom. The summed E-state index contributed by atoms with van der Waals surface area (Å²) < 4.78 is 5.22. The predicted molar refractivity (Wildman–Crippen MR) is 72.5 cm³/mol. The van der Waals surface area contributed by atoms with Crippen molar-refractivity contribution in [2.24, 2.45) is 5.73 Å². The van der Waals surface area contributed by atoms with Gasteiger partial charge in [0.15, 0.2) is 0 Å². The number of nitrogens with zero attached hydrogens (tertiary/aromatic N) is 3. The number of thiazole rings is 1. The third-order valence-corrected chi connectivity index (χ3v) is 3.48. The summed E-state index contributed by atoms with van der Waals surface area (Å²) in [5.74, 6) is 0.994. The Balaban J connectivity index is 1.76. The minimum absolute atomic E-state index is 0.295. The molecule has 0 radical (unpaired) electrons. The fourth-order valence-electron chi connectivity index (χ4n) is 1.77. The Bertz CT molecular complexity index is 636. The first-order valence-electron chi connectivity index (χ1n) is 5.85. The lowest BCUT2D eigenvalue weighted by molar-refractivity contribution is 0.354. The van der Waals surface area contributed by atoms with E-state index in [1.807, 2.05) is 30.3 Å². The third kappa shape index (κ3) is 2.69. The Kier molecular flexibility index (Phi) is 3.35. The van der Waals surface area contributed by atoms with E-state index in [0.29, 0.717) is 18.1 Å². The first-order chi connectivity index (χ1) is 9.33. The average Bonchev–Trinajstić information content (AvgIpc) is 3.11. The van der Waals surface area contributed by atoms with Crippen LogP contribution in [0.1, 0.15) is 17.5 Å². The first-order valence-corrected chi connectivity index (χ1v) is 6.73. The molecule has 3 rings (SSSR count). The van der Waals surface area contributed by atoms with Gasteiger partial charge in [-0.25, -0.2) is 0 Å². The second-order valence-electron chi connectivity index (χ2n) is 4.12. The maximum absolute atomic E-state index is 6.09. The first kappa shape index (κ1) is 12.0. The Morgan fingerprint density at radius 2 is 2.11 bits per heavy atom. The number of benzene rings is 1. The van der Waals surface area contributed by atoms with Crippen LogP contribution < -0.4 is 5.73 Å². The molecule has 0 aliphatic heterocycles. The van der Waals surface area contributed by atoms with Gasteiger partial charge in [-0.05, 0) is 12.0 Å². The van der Waals surface area contributed by atoms with Crippen molar-refractivity contribution in [3.8, 4) is 10.7 Å². The van der Waals surface area contributed by atoms with Gasteiger partial charge in [0.05, 0.1) is 16.4 Å². The Labute approximate surface area is 114 Å². The zero-order valence-corrected chi connectivity index (χ0v) is 10.9. The van der Waals surface area contributed by atoms with Crippen LogP contribution in [-0.4, -0.2) is 15.1 Å². The summed E-state index contributed by atoms with van der Waals surface area (Å²) in [5, 5.41) is 3.93. The lowest BCUT2D eigenvalue weighted by atomic mass is 10.1. The molecule has 0 amide bonds. The van der Waals surface area contributed by atoms with Crippen LogP contribution in [-0.2, 0) is 6.42 Å². The minimum Gasteiger partial charge on any atom is -0.337 e. The molecule has 19 heavy (non-hydrogen) atoms. The van der Waals surface area contributed by atoms with Crippen molar-refractivity contribution >= 4 is 11.3 Å². The van der Waals surface area contributed by atoms with Crippen molar-refractivity contribution in [2.75, 3.05) is 0 Å². The van der Waals surface area contributed by atoms with Gasteiger partial charge < -0.3 is 10.3 Å². The minimum atomic E-state index is -0.295. The van der Waals surface area contributed by atoms with E-state index >= 15 is 0 Å². The molecule has 2 N–H and O–H groups in total. The molecule has 1 atom stereocenters. The van der Waals surface area contributed by atoms with Crippen LogP contribution in [0.3, 0.4) is 0 Å². The van der Waals surface area contributed by atoms with Gasteiger partial charge in [-0.3, -0.25) is 4.98 Å². The molecule has 5 nitrogen and oxygen atoms in total. The fraction of sp³-hybridized carbons (Fsp3) is 0.154. The van der Waals surface area contributed by atoms with Crippen LogP contribution in [0.4, 0.5) is 0 Å². The molecule has 6 heteroatoms. The smallest absolute Gasteiger partial charge is 0.244 e. The quantitative estimate of drug-likeness (QED) is 0.789. The summed E-state index contributed by atoms with van der Waals surface area (Å²) in [4.78, 5) is 9.18. The molecule has 1 aromatic carbocycles. The van der Waals surface area contributed by atoms with Gasteiger partial charge in [-0.1, -0.05) is 35.5 Å². The highest BCUT2D eigenvalue weighted by molar-refractivity contribution is 7.13. The highest BCUT2D eigenvalue weighted by atomic mass is 32.1. The average molecular weight is 272 g/mol. The van der Waals surface area contributed by atoms with E-state index < -0.39 is 0 Å². The zero-order chi connectivity index (χ0) is 13.1. The number of aromatic nitrogens is 3. The monoisotopic (exact) mass is 272 g/mol. The van der Waals surface area contributed by atoms with Crippen LogP contribution >= 0.6 is 11.3 Å². The lowest BCUT2D eigenvalue weighted by Crippen LogP contribution is -2.13. The molecule has 3 aromatic rings. The maximum Gasteiger partial charge on any atom is 0.244 e. The molecule has 0 bridgehead atoms. The van der Waals surface area contributed by atoms with Crippen molar-refractivity contribution in [1.29, 1.82) is 0 Å². The van der Waals surface area contributed by atoms with Gasteiger partial charge in [0.2, 0.25) is 11.7 Å². The Morgan fingerprint density at radius 3 is 2.84 bits per heavy atom. The summed E-state index contributed by atoms with van der Waals surface area (Å²) >= 11 is 1.47. The van der Waals surface area contributed by atoms with Crippen LogP contribution in [0.25, 0.3) is 10.7 Å². The summed E-state index contributed by atoms with van der Waals surface area (Å²) in [6.45, 7) is 0. The molecule has 0 unspecified atom stereocenters. The molecule has 0 aliphatic rings. The molecule has 0 fully saturated rings. The van der Waals surface area contributed by atoms with Gasteiger partial charge in [-0.2, -0.15) is 4.98 Å². The van der Waals surface area contributed by atoms with E-state index in [2.05, 4.69) is 15.1 Å². The molecule has 0 spiro atoms. The van der Waals surface area contributed by atoms with Crippen LogP contribution in [0.5, 0.6) is 0 Å². The maximum atomic E-state index is 6.09. The van der Waals surface area contributed by atoms with E-state index in [0.717, 1.165) is 10.4 Å². The van der Waals surface area contributed by atoms with E-state index in [1.165, 1.54) is 11.3 Å². The summed E-state index contributed by atoms with van der Waals surface area (Å²) in [6, 6.07) is 9.71. The predicted octanol–water partition coefficient (Wildman–Crippen LogP) is 2.44. The van der Waals surface area contributed by atoms with Gasteiger partial charge in [0.25, 0.3) is 0 Å². The van der Waals surface area contributed by atoms with Gasteiger partial charge in [0.1, 0.15) is 0 Å². The third-order valence-electron chi connectivity index (χ3n) is 2.71. The van der Waals surface area contributed by atoms with Crippen molar-refractivity contribution in [1.82, 2.24) is 15.1 Å². The number of nitrogens with two attached hydrogens (primary N) is 1. The molecule has 96 valence electrons. The van der Waals surface area contributed by atoms with Crippen molar-refractivity contribution in [3.63, 3.8) is 0 Å². The van der Waals surface area contributed by atoms with Crippen LogP contribution in [0.15, 0.2) is 46.6 Å². The van der Waals surface area contributed by atoms with E-state index in [1.54, 1.807) is 11.7 Å². The summed E-state index contributed by atoms with van der Waals surface area (Å²) in [6.07, 6.45) is 2.38. The molecule has 0 saturated carbocycles. The standard InChI is InChI=1S/C13H12N4OS/c14-10(6-9-4-2-1-3-5-9)13-16-12(17-18-13)11-7-15-8-19-11/h1-5,7-8,10H,6,14H2/t10-/m1/s1. The van der Waals surface area contributed by atoms with Crippen molar-refractivity contribution in [2.45, 2.75) is 12.5 Å². The highest BCUT2D eigenvalue weighted by Crippen LogP contribution is 2.22. The summed E-state index contributed by atoms with van der Waals surface area (Å²) in [5.41, 5.74) is 8.96. The molecule has 0 saturated heterocycles. The largest absolute Gasteiger partial charge is 0.337 e. The van der Waals surface area contributed by atoms with Crippen molar-refractivity contribution in [3.05, 3.63) is 53.5 Å². The van der Waals surface area contributed by atoms with Gasteiger partial charge in [0, 0.05) is 6.20 Å². The van der Waals surface area contributed by atoms with E-state index in [4.69, 9.17) is 10.3 Å². The topological polar surface area (TPSA) is 77.8 Å². The SMILES string of the molecule is N[C@H](Cc1ccccc1)c1nc(-c2cncs2)no1. The molecule has 0 aliphatic carbocycles. The highest BCUT2D eigenvalue weighted by Gasteiger charge is 2.16. The van der Waals surface area contributed by atoms with E-state index in [9.17, 15) is 0 Å². The summed E-state index contributed by atoms with van der Waals surface area (Å²) in [7, 11) is 0. The molecular weight excluding hydrogens is 260 g/mol. The van der Waals surface area contributed by atoms with Crippen LogP contribution in [0.2, 0.25) is 0 Å². The molecular formula is C13H12N4OS. The Hall–Kier alpha value is -2.05. The normalized spacial score (nSPS) is 12.5. The van der Waals surface area contributed by atoms with Gasteiger partial charge in [-0.15, -0.1) is 11.3 Å². The number of hydrogen-bond donors (Lipinski definition) is 1. The molecule has 2 heterocycles.